The van der Waals surface area contributed by atoms with Gasteiger partial charge < -0.3 is 4.74 Å². The first-order valence-electron chi connectivity index (χ1n) is 9.36. The lowest BCUT2D eigenvalue weighted by molar-refractivity contribution is -0.142. The van der Waals surface area contributed by atoms with Crippen molar-refractivity contribution in [1.82, 2.24) is 0 Å². The second-order valence-electron chi connectivity index (χ2n) is 8.57. The average Bonchev–Trinajstić information content (AvgIpc) is 2.54. The molecule has 0 N–H and O–H groups in total. The molecule has 25 heavy (non-hydrogen) atoms. The lowest BCUT2D eigenvalue weighted by Crippen LogP contribution is -2.43. The highest BCUT2D eigenvalue weighted by Gasteiger charge is 2.38. The van der Waals surface area contributed by atoms with Gasteiger partial charge in [0.25, 0.3) is 0 Å². The molecule has 0 aromatic heterocycles. The Labute approximate surface area is 154 Å². The largest absolute Gasteiger partial charge is 0.368 e. The van der Waals surface area contributed by atoms with Crippen LogP contribution in [0.25, 0.3) is 0 Å². The van der Waals surface area contributed by atoms with Gasteiger partial charge >= 0.3 is 0 Å². The minimum Gasteiger partial charge on any atom is -0.368 e. The van der Waals surface area contributed by atoms with Crippen LogP contribution in [0.1, 0.15) is 75.6 Å². The van der Waals surface area contributed by atoms with Gasteiger partial charge in [-0.1, -0.05) is 73.5 Å². The molecule has 2 aromatic rings. The summed E-state index contributed by atoms with van der Waals surface area (Å²) in [6, 6.07) is 17.6. The minimum absolute atomic E-state index is 0.252. The summed E-state index contributed by atoms with van der Waals surface area (Å²) in [6.07, 6.45) is 0. The third kappa shape index (κ3) is 4.73. The highest BCUT2D eigenvalue weighted by Crippen LogP contribution is 2.39. The van der Waals surface area contributed by atoms with Crippen molar-refractivity contribution < 1.29 is 4.74 Å². The van der Waals surface area contributed by atoms with Crippen molar-refractivity contribution >= 4 is 0 Å². The quantitative estimate of drug-likeness (QED) is 0.564. The average molecular weight is 339 g/mol. The summed E-state index contributed by atoms with van der Waals surface area (Å²) in [5.74, 6) is 0.634. The molecule has 0 saturated heterocycles. The van der Waals surface area contributed by atoms with Crippen LogP contribution in [0, 0.1) is 13.8 Å². The summed E-state index contributed by atoms with van der Waals surface area (Å²) in [7, 11) is 0. The van der Waals surface area contributed by atoms with E-state index >= 15 is 0 Å². The fraction of sp³-hybridized carbons (Fsp3) is 0.500. The summed E-state index contributed by atoms with van der Waals surface area (Å²) in [5.41, 5.74) is 4.74. The fourth-order valence-electron chi connectivity index (χ4n) is 3.37. The zero-order chi connectivity index (χ0) is 18.8. The molecule has 0 aliphatic heterocycles. The van der Waals surface area contributed by atoms with Crippen LogP contribution in [-0.2, 0) is 4.74 Å². The van der Waals surface area contributed by atoms with Crippen LogP contribution in [0.2, 0.25) is 0 Å². The van der Waals surface area contributed by atoms with Gasteiger partial charge in [-0.2, -0.15) is 0 Å². The topological polar surface area (TPSA) is 9.23 Å². The van der Waals surface area contributed by atoms with Crippen molar-refractivity contribution in [3.63, 3.8) is 0 Å². The molecule has 0 heterocycles. The van der Waals surface area contributed by atoms with Crippen LogP contribution in [0.15, 0.2) is 48.5 Å². The zero-order valence-corrected chi connectivity index (χ0v) is 17.2. The van der Waals surface area contributed by atoms with Crippen LogP contribution in [-0.4, -0.2) is 11.2 Å². The Bertz CT molecular complexity index is 616. The summed E-state index contributed by atoms with van der Waals surface area (Å²) >= 11 is 0. The summed E-state index contributed by atoms with van der Waals surface area (Å²) in [5, 5.41) is 0. The molecule has 1 heteroatoms. The van der Waals surface area contributed by atoms with Crippen molar-refractivity contribution in [1.29, 1.82) is 0 Å². The molecule has 0 bridgehead atoms. The van der Waals surface area contributed by atoms with Gasteiger partial charge in [0.1, 0.15) is 0 Å². The SMILES string of the molecule is Cc1ccc(C(C)C(C)(C)OC(C)(C)C(C)c2ccc(C)cc2)cc1. The van der Waals surface area contributed by atoms with Crippen LogP contribution < -0.4 is 0 Å². The molecule has 2 atom stereocenters. The maximum atomic E-state index is 6.72. The predicted octanol–water partition coefficient (Wildman–Crippen LogP) is 6.78. The number of ether oxygens (including phenoxy) is 1. The van der Waals surface area contributed by atoms with Gasteiger partial charge in [0.2, 0.25) is 0 Å². The van der Waals surface area contributed by atoms with E-state index in [-0.39, 0.29) is 11.2 Å². The molecule has 2 aromatic carbocycles. The zero-order valence-electron chi connectivity index (χ0n) is 17.2. The summed E-state index contributed by atoms with van der Waals surface area (Å²) in [6.45, 7) is 17.6. The molecular weight excluding hydrogens is 304 g/mol. The first kappa shape index (κ1) is 19.7. The summed E-state index contributed by atoms with van der Waals surface area (Å²) < 4.78 is 6.72. The number of benzene rings is 2. The Hall–Kier alpha value is -1.60. The van der Waals surface area contributed by atoms with Crippen molar-refractivity contribution in [3.8, 4) is 0 Å². The van der Waals surface area contributed by atoms with Gasteiger partial charge in [-0.15, -0.1) is 0 Å². The van der Waals surface area contributed by atoms with E-state index in [1.54, 1.807) is 0 Å². The molecule has 0 aliphatic carbocycles. The standard InChI is InChI=1S/C24H34O/c1-17-9-13-21(14-10-17)19(3)23(5,6)25-24(7,8)20(4)22-15-11-18(2)12-16-22/h9-16,19-20H,1-8H3. The molecule has 2 rings (SSSR count). The van der Waals surface area contributed by atoms with Crippen LogP contribution >= 0.6 is 0 Å². The maximum Gasteiger partial charge on any atom is 0.0699 e. The fourth-order valence-corrected chi connectivity index (χ4v) is 3.37. The summed E-state index contributed by atoms with van der Waals surface area (Å²) in [4.78, 5) is 0. The van der Waals surface area contributed by atoms with Crippen LogP contribution in [0.3, 0.4) is 0 Å². The lowest BCUT2D eigenvalue weighted by Gasteiger charge is -2.43. The minimum atomic E-state index is -0.252. The Balaban J connectivity index is 2.18. The van der Waals surface area contributed by atoms with E-state index in [1.807, 2.05) is 0 Å². The Kier molecular flexibility index (Phi) is 5.79. The van der Waals surface area contributed by atoms with E-state index in [0.29, 0.717) is 11.8 Å². The third-order valence-electron chi connectivity index (χ3n) is 5.77. The van der Waals surface area contributed by atoms with E-state index in [1.165, 1.54) is 22.3 Å². The molecule has 0 fully saturated rings. The van der Waals surface area contributed by atoms with Gasteiger partial charge in [0, 0.05) is 11.8 Å². The molecule has 136 valence electrons. The highest BCUT2D eigenvalue weighted by molar-refractivity contribution is 5.27. The van der Waals surface area contributed by atoms with Crippen molar-refractivity contribution in [2.75, 3.05) is 0 Å². The third-order valence-corrected chi connectivity index (χ3v) is 5.77. The van der Waals surface area contributed by atoms with E-state index in [0.717, 1.165) is 0 Å². The molecule has 0 aliphatic rings. The van der Waals surface area contributed by atoms with E-state index in [9.17, 15) is 0 Å². The molecular formula is C24H34O. The second-order valence-corrected chi connectivity index (χ2v) is 8.57. The first-order valence-corrected chi connectivity index (χ1v) is 9.36. The van der Waals surface area contributed by atoms with Gasteiger partial charge in [-0.25, -0.2) is 0 Å². The second kappa shape index (κ2) is 7.33. The highest BCUT2D eigenvalue weighted by atomic mass is 16.5. The molecule has 0 saturated carbocycles. The Morgan fingerprint density at radius 1 is 0.600 bits per heavy atom. The van der Waals surface area contributed by atoms with Crippen molar-refractivity contribution in [2.45, 2.75) is 78.4 Å². The van der Waals surface area contributed by atoms with E-state index < -0.39 is 0 Å². The first-order chi connectivity index (χ1) is 11.5. The molecule has 0 radical (unpaired) electrons. The number of hydrogen-bond donors (Lipinski definition) is 0. The Morgan fingerprint density at radius 3 is 1.16 bits per heavy atom. The van der Waals surface area contributed by atoms with E-state index in [4.69, 9.17) is 4.74 Å². The van der Waals surface area contributed by atoms with Crippen LogP contribution in [0.5, 0.6) is 0 Å². The van der Waals surface area contributed by atoms with Crippen molar-refractivity contribution in [2.24, 2.45) is 0 Å². The number of hydrogen-bond acceptors (Lipinski definition) is 1. The van der Waals surface area contributed by atoms with Gasteiger partial charge in [0.05, 0.1) is 11.2 Å². The number of aryl methyl sites for hydroxylation is 2. The molecule has 2 unspecified atom stereocenters. The molecule has 0 amide bonds. The molecule has 1 nitrogen and oxygen atoms in total. The predicted molar refractivity (Wildman–Crippen MR) is 108 cm³/mol. The lowest BCUT2D eigenvalue weighted by atomic mass is 9.82. The maximum absolute atomic E-state index is 6.72. The number of rotatable bonds is 6. The van der Waals surface area contributed by atoms with Crippen LogP contribution in [0.4, 0.5) is 0 Å². The normalized spacial score (nSPS) is 15.0. The van der Waals surface area contributed by atoms with E-state index in [2.05, 4.69) is 104 Å². The Morgan fingerprint density at radius 2 is 0.880 bits per heavy atom. The smallest absolute Gasteiger partial charge is 0.0699 e. The van der Waals surface area contributed by atoms with Crippen molar-refractivity contribution in [3.05, 3.63) is 70.8 Å². The monoisotopic (exact) mass is 338 g/mol. The van der Waals surface area contributed by atoms with Gasteiger partial charge in [-0.05, 0) is 52.7 Å². The van der Waals surface area contributed by atoms with Gasteiger partial charge in [0.15, 0.2) is 0 Å². The van der Waals surface area contributed by atoms with Gasteiger partial charge in [-0.3, -0.25) is 0 Å². The molecule has 0 spiro atoms.